The van der Waals surface area contributed by atoms with Gasteiger partial charge in [-0.3, -0.25) is 4.79 Å². The van der Waals surface area contributed by atoms with Gasteiger partial charge in [0.15, 0.2) is 5.82 Å². The van der Waals surface area contributed by atoms with Crippen LogP contribution in [0, 0.1) is 6.92 Å². The third-order valence-corrected chi connectivity index (χ3v) is 6.31. The summed E-state index contributed by atoms with van der Waals surface area (Å²) in [6.07, 6.45) is 1.68. The molecule has 0 fully saturated rings. The minimum Gasteiger partial charge on any atom is -0.464 e. The van der Waals surface area contributed by atoms with Crippen molar-refractivity contribution in [1.82, 2.24) is 14.2 Å². The van der Waals surface area contributed by atoms with Crippen LogP contribution in [0.15, 0.2) is 88.8 Å². The van der Waals surface area contributed by atoms with Crippen LogP contribution < -0.4 is 5.56 Å². The molecule has 7 heteroatoms. The molecular weight excluding hydrogens is 452 g/mol. The molecule has 0 aliphatic carbocycles. The maximum absolute atomic E-state index is 13.5. The Hall–Kier alpha value is -4.52. The van der Waals surface area contributed by atoms with Crippen molar-refractivity contribution in [3.63, 3.8) is 0 Å². The van der Waals surface area contributed by atoms with Crippen molar-refractivity contribution in [2.45, 2.75) is 26.8 Å². The zero-order valence-electron chi connectivity index (χ0n) is 20.4. The van der Waals surface area contributed by atoms with Crippen molar-refractivity contribution in [3.8, 4) is 11.4 Å². The quantitative estimate of drug-likeness (QED) is 0.244. The van der Waals surface area contributed by atoms with E-state index in [2.05, 4.69) is 5.10 Å². The first kappa shape index (κ1) is 23.2. The van der Waals surface area contributed by atoms with Gasteiger partial charge >= 0.3 is 5.97 Å². The molecule has 0 spiro atoms. The second-order valence-electron chi connectivity index (χ2n) is 8.49. The van der Waals surface area contributed by atoms with Crippen LogP contribution in [0.3, 0.4) is 0 Å². The van der Waals surface area contributed by atoms with E-state index in [-0.39, 0.29) is 11.5 Å². The number of aromatic nitrogens is 3. The number of ether oxygens (including phenoxy) is 1. The topological polar surface area (TPSA) is 78.5 Å². The van der Waals surface area contributed by atoms with Crippen LogP contribution in [0.4, 0.5) is 0 Å². The molecule has 1 atom stereocenters. The van der Waals surface area contributed by atoms with E-state index in [4.69, 9.17) is 9.72 Å². The van der Waals surface area contributed by atoms with Gasteiger partial charge in [0.25, 0.3) is 5.56 Å². The number of fused-ring (bicyclic) bond motifs is 2. The average molecular weight is 479 g/mol. The summed E-state index contributed by atoms with van der Waals surface area (Å²) in [5.74, 6) is 0.156. The largest absolute Gasteiger partial charge is 0.464 e. The number of rotatable bonds is 6. The van der Waals surface area contributed by atoms with Gasteiger partial charge in [-0.15, -0.1) is 0 Å². The van der Waals surface area contributed by atoms with Gasteiger partial charge in [0.2, 0.25) is 0 Å². The summed E-state index contributed by atoms with van der Waals surface area (Å²) < 4.78 is 8.57. The summed E-state index contributed by atoms with van der Waals surface area (Å²) >= 11 is 0. The van der Waals surface area contributed by atoms with E-state index in [0.717, 1.165) is 27.7 Å². The average Bonchev–Trinajstić information content (AvgIpc) is 3.19. The molecule has 0 N–H and O–H groups in total. The number of nitrogens with zero attached hydrogens (tertiary/aromatic N) is 4. The maximum Gasteiger partial charge on any atom is 0.328 e. The summed E-state index contributed by atoms with van der Waals surface area (Å²) in [5.41, 5.74) is 3.71. The molecule has 7 nitrogen and oxygen atoms in total. The molecule has 0 saturated carbocycles. The minimum absolute atomic E-state index is 0.253. The summed E-state index contributed by atoms with van der Waals surface area (Å²) in [7, 11) is 0. The Kier molecular flexibility index (Phi) is 6.21. The fraction of sp³-hybridized carbons (Fsp3) is 0.172. The van der Waals surface area contributed by atoms with Crippen LogP contribution in [0.25, 0.3) is 33.2 Å². The first-order chi connectivity index (χ1) is 17.5. The highest BCUT2D eigenvalue weighted by molar-refractivity contribution is 6.02. The Labute approximate surface area is 208 Å². The maximum atomic E-state index is 13.5. The zero-order chi connectivity index (χ0) is 25.2. The number of hydrogen-bond acceptors (Lipinski definition) is 5. The Morgan fingerprint density at radius 3 is 2.42 bits per heavy atom. The summed E-state index contributed by atoms with van der Waals surface area (Å²) in [5, 5.41) is 6.07. The van der Waals surface area contributed by atoms with Gasteiger partial charge < -0.3 is 9.30 Å². The molecule has 180 valence electrons. The monoisotopic (exact) mass is 478 g/mol. The van der Waals surface area contributed by atoms with E-state index in [9.17, 15) is 9.59 Å². The Morgan fingerprint density at radius 1 is 1.00 bits per heavy atom. The molecular formula is C29H26N4O3. The van der Waals surface area contributed by atoms with Crippen molar-refractivity contribution < 1.29 is 9.53 Å². The van der Waals surface area contributed by atoms with Crippen LogP contribution in [-0.2, 0) is 9.53 Å². The lowest BCUT2D eigenvalue weighted by atomic mass is 10.1. The van der Waals surface area contributed by atoms with Gasteiger partial charge in [0.1, 0.15) is 6.04 Å². The van der Waals surface area contributed by atoms with Crippen molar-refractivity contribution in [2.24, 2.45) is 5.10 Å². The standard InChI is InChI=1S/C29H26N4O3/c1-4-36-29(35)20(3)32-19(2)24(22-14-9-11-17-26(22)32)18-30-33-27(21-12-6-5-7-13-21)31-25-16-10-8-15-23(25)28(33)34/h5-18,20H,4H2,1-3H3/t20-/m1/s1. The fourth-order valence-corrected chi connectivity index (χ4v) is 4.57. The highest BCUT2D eigenvalue weighted by Crippen LogP contribution is 2.29. The van der Waals surface area contributed by atoms with Gasteiger partial charge in [-0.1, -0.05) is 60.7 Å². The Morgan fingerprint density at radius 2 is 1.67 bits per heavy atom. The number of benzene rings is 3. The third-order valence-electron chi connectivity index (χ3n) is 6.31. The smallest absolute Gasteiger partial charge is 0.328 e. The molecule has 3 aromatic carbocycles. The van der Waals surface area contributed by atoms with Crippen LogP contribution >= 0.6 is 0 Å². The SMILES string of the molecule is CCOC(=O)[C@@H](C)n1c(C)c(C=Nn2c(-c3ccccc3)nc3ccccc3c2=O)c2ccccc21. The number of carbonyl (C=O) groups is 1. The Bertz CT molecular complexity index is 1670. The summed E-state index contributed by atoms with van der Waals surface area (Å²) in [6, 6.07) is 24.1. The third kappa shape index (κ3) is 3.98. The lowest BCUT2D eigenvalue weighted by molar-refractivity contribution is -0.146. The molecule has 2 heterocycles. The van der Waals surface area contributed by atoms with E-state index < -0.39 is 6.04 Å². The molecule has 0 amide bonds. The van der Waals surface area contributed by atoms with Crippen molar-refractivity contribution >= 4 is 34.0 Å². The summed E-state index contributed by atoms with van der Waals surface area (Å²) in [6.45, 7) is 5.87. The number of hydrogen-bond donors (Lipinski definition) is 0. The molecule has 0 bridgehead atoms. The molecule has 0 unspecified atom stereocenters. The van der Waals surface area contributed by atoms with Crippen LogP contribution in [0.1, 0.15) is 31.1 Å². The lowest BCUT2D eigenvalue weighted by Gasteiger charge is -2.16. The predicted molar refractivity (Wildman–Crippen MR) is 142 cm³/mol. The minimum atomic E-state index is -0.512. The van der Waals surface area contributed by atoms with Crippen molar-refractivity contribution in [2.75, 3.05) is 6.61 Å². The highest BCUT2D eigenvalue weighted by atomic mass is 16.5. The second-order valence-corrected chi connectivity index (χ2v) is 8.49. The van der Waals surface area contributed by atoms with E-state index in [0.29, 0.717) is 23.3 Å². The number of esters is 1. The lowest BCUT2D eigenvalue weighted by Crippen LogP contribution is -2.21. The molecule has 0 radical (unpaired) electrons. The Balaban J connectivity index is 1.71. The number of carbonyl (C=O) groups excluding carboxylic acids is 1. The van der Waals surface area contributed by atoms with Crippen LogP contribution in [-0.4, -0.2) is 33.0 Å². The highest BCUT2D eigenvalue weighted by Gasteiger charge is 2.23. The molecule has 5 rings (SSSR count). The summed E-state index contributed by atoms with van der Waals surface area (Å²) in [4.78, 5) is 30.8. The first-order valence-electron chi connectivity index (χ1n) is 11.9. The van der Waals surface area contributed by atoms with E-state index in [1.54, 1.807) is 19.2 Å². The van der Waals surface area contributed by atoms with Gasteiger partial charge in [0.05, 0.1) is 23.7 Å². The molecule has 0 aliphatic rings. The molecule has 0 aliphatic heterocycles. The molecule has 0 saturated heterocycles. The van der Waals surface area contributed by atoms with E-state index in [1.807, 2.05) is 91.2 Å². The van der Waals surface area contributed by atoms with Crippen LogP contribution in [0.2, 0.25) is 0 Å². The van der Waals surface area contributed by atoms with Gasteiger partial charge in [-0.2, -0.15) is 9.78 Å². The van der Waals surface area contributed by atoms with Gasteiger partial charge in [0, 0.05) is 27.7 Å². The molecule has 2 aromatic heterocycles. The predicted octanol–water partition coefficient (Wildman–Crippen LogP) is 5.33. The van der Waals surface area contributed by atoms with E-state index >= 15 is 0 Å². The molecule has 5 aromatic rings. The van der Waals surface area contributed by atoms with Crippen molar-refractivity contribution in [3.05, 3.63) is 100 Å². The van der Waals surface area contributed by atoms with Gasteiger partial charge in [-0.25, -0.2) is 9.78 Å². The second kappa shape index (κ2) is 9.62. The van der Waals surface area contributed by atoms with E-state index in [1.165, 1.54) is 4.68 Å². The van der Waals surface area contributed by atoms with Crippen molar-refractivity contribution in [1.29, 1.82) is 0 Å². The first-order valence-corrected chi connectivity index (χ1v) is 11.9. The zero-order valence-corrected chi connectivity index (χ0v) is 20.4. The normalized spacial score (nSPS) is 12.4. The van der Waals surface area contributed by atoms with Gasteiger partial charge in [-0.05, 0) is 39.0 Å². The number of para-hydroxylation sites is 2. The molecule has 36 heavy (non-hydrogen) atoms. The van der Waals surface area contributed by atoms with Crippen LogP contribution in [0.5, 0.6) is 0 Å². The fourth-order valence-electron chi connectivity index (χ4n) is 4.57.